The number of nitrogens with zero attached hydrogens (tertiary/aromatic N) is 3. The molecule has 0 spiro atoms. The summed E-state index contributed by atoms with van der Waals surface area (Å²) in [4.78, 5) is 27.6. The van der Waals surface area contributed by atoms with Crippen LogP contribution < -0.4 is 0 Å². The molecule has 1 fully saturated rings. The van der Waals surface area contributed by atoms with Crippen LogP contribution in [-0.2, 0) is 0 Å². The predicted molar refractivity (Wildman–Crippen MR) is 110 cm³/mol. The van der Waals surface area contributed by atoms with Gasteiger partial charge in [0.25, 0.3) is 5.91 Å². The number of nitrogens with one attached hydrogen (secondary N) is 1. The Morgan fingerprint density at radius 1 is 1.07 bits per heavy atom. The molecular weight excluding hydrogens is 367 g/mol. The smallest absolute Gasteiger partial charge is 0.254 e. The second kappa shape index (κ2) is 6.95. The van der Waals surface area contributed by atoms with E-state index in [4.69, 9.17) is 4.98 Å². The lowest BCUT2D eigenvalue weighted by Crippen LogP contribution is -2.38. The predicted octanol–water partition coefficient (Wildman–Crippen LogP) is 4.58. The fraction of sp³-hybridized carbons (Fsp3) is 0.261. The van der Waals surface area contributed by atoms with Crippen molar-refractivity contribution in [1.29, 1.82) is 0 Å². The number of para-hydroxylation sites is 2. The van der Waals surface area contributed by atoms with E-state index in [1.807, 2.05) is 36.1 Å². The zero-order chi connectivity index (χ0) is 20.0. The highest BCUT2D eigenvalue weighted by Gasteiger charge is 2.27. The molecule has 4 aromatic rings. The lowest BCUT2D eigenvalue weighted by atomic mass is 9.95. The first-order valence-electron chi connectivity index (χ1n) is 9.89. The summed E-state index contributed by atoms with van der Waals surface area (Å²) in [5.74, 6) is 0.950. The van der Waals surface area contributed by atoms with Crippen LogP contribution in [-0.4, -0.2) is 38.8 Å². The Balaban J connectivity index is 1.37. The molecule has 0 saturated carbocycles. The average Bonchev–Trinajstić information content (AvgIpc) is 3.17. The third-order valence-electron chi connectivity index (χ3n) is 5.71. The first-order chi connectivity index (χ1) is 14.1. The molecule has 0 aliphatic carbocycles. The minimum absolute atomic E-state index is 0.0184. The highest BCUT2D eigenvalue weighted by atomic mass is 19.1. The van der Waals surface area contributed by atoms with E-state index in [0.717, 1.165) is 29.7 Å². The van der Waals surface area contributed by atoms with Crippen LogP contribution in [0, 0.1) is 12.7 Å². The number of likely N-dealkylation sites (tertiary alicyclic amines) is 1. The second-order valence-corrected chi connectivity index (χ2v) is 7.68. The van der Waals surface area contributed by atoms with Gasteiger partial charge in [0.05, 0.1) is 22.1 Å². The van der Waals surface area contributed by atoms with E-state index in [-0.39, 0.29) is 11.7 Å². The SMILES string of the molecule is Cc1cc(C(=O)N2CCC(c3nc4ccccc4[nH]3)CC2)c2ccc(F)cc2n1. The van der Waals surface area contributed by atoms with Gasteiger partial charge in [0, 0.05) is 36.2 Å². The maximum Gasteiger partial charge on any atom is 0.254 e. The normalized spacial score (nSPS) is 15.3. The van der Waals surface area contributed by atoms with Gasteiger partial charge in [0.2, 0.25) is 0 Å². The number of hydrogen-bond donors (Lipinski definition) is 1. The highest BCUT2D eigenvalue weighted by Crippen LogP contribution is 2.29. The lowest BCUT2D eigenvalue weighted by molar-refractivity contribution is 0.0713. The van der Waals surface area contributed by atoms with Crippen molar-refractivity contribution < 1.29 is 9.18 Å². The maximum absolute atomic E-state index is 13.6. The molecule has 29 heavy (non-hydrogen) atoms. The fourth-order valence-corrected chi connectivity index (χ4v) is 4.20. The Hall–Kier alpha value is -3.28. The standard InChI is InChI=1S/C23H21FN4O/c1-14-12-18(17-7-6-16(24)13-21(17)25-14)23(29)28-10-8-15(9-11-28)22-26-19-4-2-3-5-20(19)27-22/h2-7,12-13,15H,8-11H2,1H3,(H,26,27). The van der Waals surface area contributed by atoms with Crippen molar-refractivity contribution in [2.75, 3.05) is 13.1 Å². The molecule has 1 saturated heterocycles. The molecule has 0 unspecified atom stereocenters. The maximum atomic E-state index is 13.6. The van der Waals surface area contributed by atoms with Gasteiger partial charge < -0.3 is 9.88 Å². The number of amides is 1. The molecule has 2 aromatic carbocycles. The number of hydrogen-bond acceptors (Lipinski definition) is 3. The number of imidazole rings is 1. The van der Waals surface area contributed by atoms with Crippen LogP contribution in [0.3, 0.4) is 0 Å². The van der Waals surface area contributed by atoms with Crippen LogP contribution in [0.25, 0.3) is 21.9 Å². The number of aryl methyl sites for hydroxylation is 1. The molecule has 0 bridgehead atoms. The Bertz CT molecular complexity index is 1190. The molecule has 146 valence electrons. The van der Waals surface area contributed by atoms with E-state index < -0.39 is 0 Å². The zero-order valence-corrected chi connectivity index (χ0v) is 16.2. The largest absolute Gasteiger partial charge is 0.342 e. The summed E-state index contributed by atoms with van der Waals surface area (Å²) in [5.41, 5.74) is 3.85. The van der Waals surface area contributed by atoms with Gasteiger partial charge >= 0.3 is 0 Å². The Morgan fingerprint density at radius 3 is 2.66 bits per heavy atom. The van der Waals surface area contributed by atoms with Gasteiger partial charge in [-0.25, -0.2) is 9.37 Å². The average molecular weight is 388 g/mol. The minimum Gasteiger partial charge on any atom is -0.342 e. The van der Waals surface area contributed by atoms with Crippen molar-refractivity contribution in [2.24, 2.45) is 0 Å². The number of carbonyl (C=O) groups is 1. The molecule has 1 N–H and O–H groups in total. The zero-order valence-electron chi connectivity index (χ0n) is 16.2. The number of fused-ring (bicyclic) bond motifs is 2. The van der Waals surface area contributed by atoms with Gasteiger partial charge in [-0.15, -0.1) is 0 Å². The van der Waals surface area contributed by atoms with Crippen LogP contribution >= 0.6 is 0 Å². The van der Waals surface area contributed by atoms with E-state index in [2.05, 4.69) is 9.97 Å². The fourth-order valence-electron chi connectivity index (χ4n) is 4.20. The summed E-state index contributed by atoms with van der Waals surface area (Å²) < 4.78 is 13.6. The van der Waals surface area contributed by atoms with Crippen LogP contribution in [0.4, 0.5) is 4.39 Å². The van der Waals surface area contributed by atoms with E-state index in [9.17, 15) is 9.18 Å². The van der Waals surface area contributed by atoms with Crippen LogP contribution in [0.15, 0.2) is 48.5 Å². The number of pyridine rings is 1. The van der Waals surface area contributed by atoms with Gasteiger partial charge in [0.1, 0.15) is 11.6 Å². The van der Waals surface area contributed by atoms with Crippen molar-refractivity contribution in [1.82, 2.24) is 19.9 Å². The topological polar surface area (TPSA) is 61.9 Å². The summed E-state index contributed by atoms with van der Waals surface area (Å²) >= 11 is 0. The molecule has 3 heterocycles. The summed E-state index contributed by atoms with van der Waals surface area (Å²) in [6.45, 7) is 3.17. The van der Waals surface area contributed by atoms with Crippen molar-refractivity contribution in [3.63, 3.8) is 0 Å². The Morgan fingerprint density at radius 2 is 1.86 bits per heavy atom. The molecule has 1 aliphatic rings. The quantitative estimate of drug-likeness (QED) is 0.547. The molecule has 0 radical (unpaired) electrons. The molecule has 5 nitrogen and oxygen atoms in total. The van der Waals surface area contributed by atoms with Gasteiger partial charge in [-0.1, -0.05) is 12.1 Å². The number of aromatic amines is 1. The van der Waals surface area contributed by atoms with Gasteiger partial charge in [-0.05, 0) is 50.1 Å². The second-order valence-electron chi connectivity index (χ2n) is 7.68. The number of halogens is 1. The third kappa shape index (κ3) is 3.24. The number of benzene rings is 2. The van der Waals surface area contributed by atoms with Crippen molar-refractivity contribution in [3.05, 3.63) is 71.4 Å². The molecule has 5 rings (SSSR count). The number of rotatable bonds is 2. The van der Waals surface area contributed by atoms with E-state index in [1.54, 1.807) is 12.1 Å². The van der Waals surface area contributed by atoms with Gasteiger partial charge in [-0.3, -0.25) is 9.78 Å². The highest BCUT2D eigenvalue weighted by molar-refractivity contribution is 6.06. The molecule has 1 amide bonds. The molecule has 6 heteroatoms. The Labute approximate surface area is 167 Å². The first kappa shape index (κ1) is 17.8. The number of H-pyrrole nitrogens is 1. The summed E-state index contributed by atoms with van der Waals surface area (Å²) in [6.07, 6.45) is 1.73. The minimum atomic E-state index is -0.347. The summed E-state index contributed by atoms with van der Waals surface area (Å²) in [7, 11) is 0. The van der Waals surface area contributed by atoms with Crippen LogP contribution in [0.2, 0.25) is 0 Å². The first-order valence-corrected chi connectivity index (χ1v) is 9.89. The van der Waals surface area contributed by atoms with Crippen LogP contribution in [0.5, 0.6) is 0 Å². The lowest BCUT2D eigenvalue weighted by Gasteiger charge is -2.31. The molecule has 0 atom stereocenters. The van der Waals surface area contributed by atoms with Crippen molar-refractivity contribution >= 4 is 27.8 Å². The Kier molecular flexibility index (Phi) is 4.27. The third-order valence-corrected chi connectivity index (χ3v) is 5.71. The molecular formula is C23H21FN4O. The van der Waals surface area contributed by atoms with E-state index in [0.29, 0.717) is 41.2 Å². The van der Waals surface area contributed by atoms with Gasteiger partial charge in [0.15, 0.2) is 0 Å². The van der Waals surface area contributed by atoms with Gasteiger partial charge in [-0.2, -0.15) is 0 Å². The number of carbonyl (C=O) groups excluding carboxylic acids is 1. The monoisotopic (exact) mass is 388 g/mol. The van der Waals surface area contributed by atoms with Crippen molar-refractivity contribution in [3.8, 4) is 0 Å². The summed E-state index contributed by atoms with van der Waals surface area (Å²) in [6, 6.07) is 14.2. The number of piperidine rings is 1. The van der Waals surface area contributed by atoms with E-state index in [1.165, 1.54) is 12.1 Å². The molecule has 1 aliphatic heterocycles. The number of aromatic nitrogens is 3. The summed E-state index contributed by atoms with van der Waals surface area (Å²) in [5, 5.41) is 0.696. The van der Waals surface area contributed by atoms with Crippen LogP contribution in [0.1, 0.15) is 40.6 Å². The van der Waals surface area contributed by atoms with Crippen molar-refractivity contribution in [2.45, 2.75) is 25.7 Å². The van der Waals surface area contributed by atoms with E-state index >= 15 is 0 Å². The molecule has 2 aromatic heterocycles.